The zero-order chi connectivity index (χ0) is 19.5. The zero-order valence-corrected chi connectivity index (χ0v) is 15.8. The number of aromatic nitrogens is 1. The Morgan fingerprint density at radius 1 is 1.11 bits per heavy atom. The van der Waals surface area contributed by atoms with Crippen LogP contribution in [0.25, 0.3) is 11.7 Å². The van der Waals surface area contributed by atoms with Gasteiger partial charge >= 0.3 is 0 Å². The number of oxazole rings is 1. The minimum atomic E-state index is 0.0502. The quantitative estimate of drug-likeness (QED) is 0.662. The molecule has 7 heteroatoms. The molecule has 0 spiro atoms. The Bertz CT molecular complexity index is 963. The second kappa shape index (κ2) is 7.79. The fraction of sp³-hybridized carbons (Fsp3) is 0.333. The van der Waals surface area contributed by atoms with E-state index in [1.807, 2.05) is 55.1 Å². The maximum absolute atomic E-state index is 9.48. The lowest BCUT2D eigenvalue weighted by Crippen LogP contribution is -2.45. The predicted molar refractivity (Wildman–Crippen MR) is 102 cm³/mol. The normalized spacial score (nSPS) is 19.4. The molecular formula is C21H21N3O4. The van der Waals surface area contributed by atoms with E-state index < -0.39 is 0 Å². The molecule has 3 heterocycles. The molecule has 144 valence electrons. The van der Waals surface area contributed by atoms with Crippen LogP contribution >= 0.6 is 0 Å². The van der Waals surface area contributed by atoms with Crippen LogP contribution in [0.15, 0.2) is 51.3 Å². The standard InChI is InChI=1S/C21H21N3O4/c1-14-11-24(12-15(2)26-14)21-18(10-22)23-20(28-21)19-9-8-17(27-19)13-25-16-6-4-3-5-7-16/h3-9,14-15H,11-13H2,1-2H3. The third-order valence-electron chi connectivity index (χ3n) is 4.42. The van der Waals surface area contributed by atoms with Crippen LogP contribution in [0.5, 0.6) is 5.75 Å². The molecule has 2 aromatic heterocycles. The van der Waals surface area contributed by atoms with Gasteiger partial charge in [-0.05, 0) is 38.1 Å². The third kappa shape index (κ3) is 3.87. The smallest absolute Gasteiger partial charge is 0.266 e. The van der Waals surface area contributed by atoms with Crippen LogP contribution < -0.4 is 9.64 Å². The molecule has 0 amide bonds. The first kappa shape index (κ1) is 18.1. The average Bonchev–Trinajstić information content (AvgIpc) is 3.33. The van der Waals surface area contributed by atoms with Crippen LogP contribution in [-0.4, -0.2) is 30.3 Å². The number of hydrogen-bond donors (Lipinski definition) is 0. The number of anilines is 1. The van der Waals surface area contributed by atoms with E-state index in [4.69, 9.17) is 18.3 Å². The lowest BCUT2D eigenvalue weighted by molar-refractivity contribution is -0.00639. The van der Waals surface area contributed by atoms with Crippen LogP contribution in [0.4, 0.5) is 5.88 Å². The molecule has 0 radical (unpaired) electrons. The molecule has 0 saturated carbocycles. The maximum atomic E-state index is 9.48. The van der Waals surface area contributed by atoms with E-state index in [-0.39, 0.29) is 23.8 Å². The second-order valence-corrected chi connectivity index (χ2v) is 6.81. The highest BCUT2D eigenvalue weighted by atomic mass is 16.5. The fourth-order valence-corrected chi connectivity index (χ4v) is 3.29. The van der Waals surface area contributed by atoms with Crippen LogP contribution in [0.2, 0.25) is 0 Å². The summed E-state index contributed by atoms with van der Waals surface area (Å²) in [5.74, 6) is 2.61. The van der Waals surface area contributed by atoms with Crippen molar-refractivity contribution in [2.24, 2.45) is 0 Å². The maximum Gasteiger partial charge on any atom is 0.266 e. The lowest BCUT2D eigenvalue weighted by Gasteiger charge is -2.34. The van der Waals surface area contributed by atoms with E-state index in [1.54, 1.807) is 6.07 Å². The Hall–Kier alpha value is -3.24. The number of furan rings is 1. The molecule has 7 nitrogen and oxygen atoms in total. The first-order valence-electron chi connectivity index (χ1n) is 9.20. The molecule has 2 atom stereocenters. The van der Waals surface area contributed by atoms with Crippen molar-refractivity contribution < 1.29 is 18.3 Å². The monoisotopic (exact) mass is 379 g/mol. The Morgan fingerprint density at radius 2 is 1.86 bits per heavy atom. The van der Waals surface area contributed by atoms with E-state index in [2.05, 4.69) is 11.1 Å². The summed E-state index contributed by atoms with van der Waals surface area (Å²) in [6.45, 7) is 5.57. The molecule has 3 aromatic rings. The average molecular weight is 379 g/mol. The van der Waals surface area contributed by atoms with Crippen molar-refractivity contribution in [3.8, 4) is 23.5 Å². The van der Waals surface area contributed by atoms with Gasteiger partial charge in [0.25, 0.3) is 5.89 Å². The van der Waals surface area contributed by atoms with Gasteiger partial charge in [-0.2, -0.15) is 10.2 Å². The molecule has 1 fully saturated rings. The largest absolute Gasteiger partial charge is 0.486 e. The van der Waals surface area contributed by atoms with Gasteiger partial charge in [-0.1, -0.05) is 18.2 Å². The number of para-hydroxylation sites is 1. The molecule has 1 saturated heterocycles. The molecule has 28 heavy (non-hydrogen) atoms. The predicted octanol–water partition coefficient (Wildman–Crippen LogP) is 4.00. The van der Waals surface area contributed by atoms with Gasteiger partial charge in [-0.15, -0.1) is 0 Å². The summed E-state index contributed by atoms with van der Waals surface area (Å²) in [7, 11) is 0. The molecule has 1 aromatic carbocycles. The summed E-state index contributed by atoms with van der Waals surface area (Å²) < 4.78 is 23.1. The topological polar surface area (TPSA) is 84.7 Å². The highest BCUT2D eigenvalue weighted by Gasteiger charge is 2.28. The number of morpholine rings is 1. The fourth-order valence-electron chi connectivity index (χ4n) is 3.29. The molecule has 0 aliphatic carbocycles. The van der Waals surface area contributed by atoms with Crippen LogP contribution in [-0.2, 0) is 11.3 Å². The van der Waals surface area contributed by atoms with Crippen LogP contribution in [0.1, 0.15) is 25.3 Å². The van der Waals surface area contributed by atoms with Gasteiger partial charge < -0.3 is 23.2 Å². The summed E-state index contributed by atoms with van der Waals surface area (Å²) in [6.07, 6.45) is 0.100. The molecule has 2 unspecified atom stereocenters. The summed E-state index contributed by atoms with van der Waals surface area (Å²) in [6, 6.07) is 15.2. The summed E-state index contributed by atoms with van der Waals surface area (Å²) >= 11 is 0. The van der Waals surface area contributed by atoms with Crippen molar-refractivity contribution in [1.82, 2.24) is 4.98 Å². The van der Waals surface area contributed by atoms with Gasteiger partial charge in [0.1, 0.15) is 24.2 Å². The highest BCUT2D eigenvalue weighted by Crippen LogP contribution is 2.31. The van der Waals surface area contributed by atoms with Crippen LogP contribution in [0, 0.1) is 11.3 Å². The molecule has 1 aliphatic rings. The van der Waals surface area contributed by atoms with Gasteiger partial charge in [-0.3, -0.25) is 0 Å². The number of nitriles is 1. The van der Waals surface area contributed by atoms with Crippen LogP contribution in [0.3, 0.4) is 0 Å². The van der Waals surface area contributed by atoms with Crippen molar-refractivity contribution in [3.05, 3.63) is 53.9 Å². The van der Waals surface area contributed by atoms with Gasteiger partial charge in [0.05, 0.1) is 12.2 Å². The van der Waals surface area contributed by atoms with E-state index >= 15 is 0 Å². The van der Waals surface area contributed by atoms with E-state index in [0.717, 1.165) is 5.75 Å². The molecule has 0 N–H and O–H groups in total. The minimum absolute atomic E-state index is 0.0502. The molecular weight excluding hydrogens is 358 g/mol. The zero-order valence-electron chi connectivity index (χ0n) is 15.8. The number of hydrogen-bond acceptors (Lipinski definition) is 7. The highest BCUT2D eigenvalue weighted by molar-refractivity contribution is 5.56. The Labute approximate surface area is 163 Å². The van der Waals surface area contributed by atoms with Gasteiger partial charge in [0, 0.05) is 13.1 Å². The SMILES string of the molecule is CC1CN(c2oc(-c3ccc(COc4ccccc4)o3)nc2C#N)CC(C)O1. The van der Waals surface area contributed by atoms with Crippen molar-refractivity contribution in [2.75, 3.05) is 18.0 Å². The Morgan fingerprint density at radius 3 is 2.57 bits per heavy atom. The van der Waals surface area contributed by atoms with Crippen molar-refractivity contribution in [1.29, 1.82) is 5.26 Å². The Kier molecular flexibility index (Phi) is 5.04. The molecule has 0 bridgehead atoms. The van der Waals surface area contributed by atoms with Crippen molar-refractivity contribution in [3.63, 3.8) is 0 Å². The number of benzene rings is 1. The second-order valence-electron chi connectivity index (χ2n) is 6.81. The van der Waals surface area contributed by atoms with Gasteiger partial charge in [-0.25, -0.2) is 0 Å². The van der Waals surface area contributed by atoms with Gasteiger partial charge in [0.2, 0.25) is 11.6 Å². The summed E-state index contributed by atoms with van der Waals surface area (Å²) in [4.78, 5) is 6.31. The first-order valence-corrected chi connectivity index (χ1v) is 9.20. The van der Waals surface area contributed by atoms with Crippen molar-refractivity contribution in [2.45, 2.75) is 32.7 Å². The summed E-state index contributed by atoms with van der Waals surface area (Å²) in [5, 5.41) is 9.48. The Balaban J connectivity index is 1.51. The van der Waals surface area contributed by atoms with Crippen molar-refractivity contribution >= 4 is 5.88 Å². The minimum Gasteiger partial charge on any atom is -0.486 e. The molecule has 4 rings (SSSR count). The third-order valence-corrected chi connectivity index (χ3v) is 4.42. The van der Waals surface area contributed by atoms with E-state index in [9.17, 15) is 5.26 Å². The number of rotatable bonds is 5. The first-order chi connectivity index (χ1) is 13.6. The van der Waals surface area contributed by atoms with E-state index in [0.29, 0.717) is 37.1 Å². The molecule has 1 aliphatic heterocycles. The number of ether oxygens (including phenoxy) is 2. The van der Waals surface area contributed by atoms with E-state index in [1.165, 1.54) is 0 Å². The number of nitrogens with zero attached hydrogens (tertiary/aromatic N) is 3. The van der Waals surface area contributed by atoms with Gasteiger partial charge in [0.15, 0.2) is 5.76 Å². The lowest BCUT2D eigenvalue weighted by atomic mass is 10.2. The summed E-state index contributed by atoms with van der Waals surface area (Å²) in [5.41, 5.74) is 0.245.